The van der Waals surface area contributed by atoms with E-state index in [2.05, 4.69) is 31.4 Å². The molecule has 1 aromatic carbocycles. The second kappa shape index (κ2) is 8.29. The molecule has 6 nitrogen and oxygen atoms in total. The van der Waals surface area contributed by atoms with Gasteiger partial charge < -0.3 is 10.2 Å². The lowest BCUT2D eigenvalue weighted by Crippen LogP contribution is -2.37. The van der Waals surface area contributed by atoms with Crippen molar-refractivity contribution in [3.05, 3.63) is 40.5 Å². The highest BCUT2D eigenvalue weighted by Crippen LogP contribution is 2.20. The molecule has 2 N–H and O–H groups in total. The summed E-state index contributed by atoms with van der Waals surface area (Å²) in [5.74, 6) is -0.137. The number of hydrogen-bond acceptors (Lipinski definition) is 3. The van der Waals surface area contributed by atoms with Gasteiger partial charge in [0, 0.05) is 36.1 Å². The molecule has 1 saturated heterocycles. The molecule has 1 aliphatic heterocycles. The normalized spacial score (nSPS) is 14.4. The fourth-order valence-electron chi connectivity index (χ4n) is 2.89. The van der Waals surface area contributed by atoms with Gasteiger partial charge in [-0.15, -0.1) is 0 Å². The van der Waals surface area contributed by atoms with Gasteiger partial charge in [-0.05, 0) is 37.5 Å². The van der Waals surface area contributed by atoms with Crippen molar-refractivity contribution >= 4 is 27.7 Å². The Morgan fingerprint density at radius 1 is 1.16 bits per heavy atom. The van der Waals surface area contributed by atoms with Crippen molar-refractivity contribution in [2.75, 3.05) is 19.6 Å². The number of nitrogens with zero attached hydrogens (tertiary/aromatic N) is 2. The lowest BCUT2D eigenvalue weighted by molar-refractivity contribution is -0.131. The van der Waals surface area contributed by atoms with Gasteiger partial charge in [-0.1, -0.05) is 28.1 Å². The molecule has 2 aromatic rings. The van der Waals surface area contributed by atoms with Crippen LogP contribution in [0.5, 0.6) is 0 Å². The van der Waals surface area contributed by atoms with Crippen molar-refractivity contribution in [2.45, 2.75) is 25.7 Å². The van der Waals surface area contributed by atoms with Crippen LogP contribution in [0, 0.1) is 0 Å². The highest BCUT2D eigenvalue weighted by Gasteiger charge is 2.17. The highest BCUT2D eigenvalue weighted by atomic mass is 79.9. The number of piperidine rings is 1. The van der Waals surface area contributed by atoms with E-state index >= 15 is 0 Å². The van der Waals surface area contributed by atoms with E-state index in [9.17, 15) is 9.59 Å². The Labute approximate surface area is 155 Å². The van der Waals surface area contributed by atoms with Gasteiger partial charge in [-0.2, -0.15) is 5.10 Å². The maximum atomic E-state index is 12.2. The third-order valence-corrected chi connectivity index (χ3v) is 4.82. The molecule has 1 aliphatic rings. The average Bonchev–Trinajstić information content (AvgIpc) is 3.13. The first-order valence-corrected chi connectivity index (χ1v) is 9.30. The van der Waals surface area contributed by atoms with Gasteiger partial charge >= 0.3 is 0 Å². The lowest BCUT2D eigenvalue weighted by Gasteiger charge is -2.26. The molecule has 1 fully saturated rings. The van der Waals surface area contributed by atoms with E-state index < -0.39 is 0 Å². The summed E-state index contributed by atoms with van der Waals surface area (Å²) in [4.78, 5) is 26.2. The molecule has 25 heavy (non-hydrogen) atoms. The Kier molecular flexibility index (Phi) is 5.86. The van der Waals surface area contributed by atoms with E-state index in [0.29, 0.717) is 24.4 Å². The third kappa shape index (κ3) is 4.69. The van der Waals surface area contributed by atoms with Gasteiger partial charge in [0.25, 0.3) is 5.91 Å². The molecule has 0 spiro atoms. The minimum Gasteiger partial charge on any atom is -0.350 e. The Bertz CT molecular complexity index is 736. The molecule has 2 heterocycles. The van der Waals surface area contributed by atoms with Crippen molar-refractivity contribution in [1.29, 1.82) is 0 Å². The summed E-state index contributed by atoms with van der Waals surface area (Å²) in [7, 11) is 0. The SMILES string of the molecule is O=C(NCCC(=O)N1CCCCC1)c1cc(-c2ccc(Br)cc2)n[nH]1. The molecule has 0 radical (unpaired) electrons. The molecule has 0 unspecified atom stereocenters. The summed E-state index contributed by atoms with van der Waals surface area (Å²) < 4.78 is 0.989. The zero-order valence-electron chi connectivity index (χ0n) is 13.9. The first kappa shape index (κ1) is 17.7. The van der Waals surface area contributed by atoms with E-state index in [-0.39, 0.29) is 11.8 Å². The smallest absolute Gasteiger partial charge is 0.269 e. The average molecular weight is 405 g/mol. The summed E-state index contributed by atoms with van der Waals surface area (Å²) in [5, 5.41) is 9.71. The number of nitrogens with one attached hydrogen (secondary N) is 2. The van der Waals surface area contributed by atoms with Gasteiger partial charge in [0.1, 0.15) is 5.69 Å². The van der Waals surface area contributed by atoms with E-state index in [1.807, 2.05) is 29.2 Å². The standard InChI is InChI=1S/C18H21BrN4O2/c19-14-6-4-13(5-7-14)15-12-16(22-21-15)18(25)20-9-8-17(24)23-10-2-1-3-11-23/h4-7,12H,1-3,8-11H2,(H,20,25)(H,21,22). The van der Waals surface area contributed by atoms with Gasteiger partial charge in [0.15, 0.2) is 0 Å². The largest absolute Gasteiger partial charge is 0.350 e. The van der Waals surface area contributed by atoms with E-state index in [0.717, 1.165) is 36.0 Å². The number of aromatic nitrogens is 2. The molecule has 0 aliphatic carbocycles. The Hall–Kier alpha value is -2.15. The highest BCUT2D eigenvalue weighted by molar-refractivity contribution is 9.10. The second-order valence-corrected chi connectivity index (χ2v) is 7.04. The van der Waals surface area contributed by atoms with Crippen molar-refractivity contribution < 1.29 is 9.59 Å². The van der Waals surface area contributed by atoms with Crippen molar-refractivity contribution in [3.63, 3.8) is 0 Å². The van der Waals surface area contributed by atoms with Crippen LogP contribution in [0.3, 0.4) is 0 Å². The Morgan fingerprint density at radius 2 is 1.88 bits per heavy atom. The molecule has 0 saturated carbocycles. The monoisotopic (exact) mass is 404 g/mol. The number of amides is 2. The predicted molar refractivity (Wildman–Crippen MR) is 99.1 cm³/mol. The third-order valence-electron chi connectivity index (χ3n) is 4.30. The first-order valence-electron chi connectivity index (χ1n) is 8.51. The minimum atomic E-state index is -0.248. The number of carbonyl (C=O) groups is 2. The fraction of sp³-hybridized carbons (Fsp3) is 0.389. The maximum absolute atomic E-state index is 12.2. The van der Waals surface area contributed by atoms with E-state index in [1.54, 1.807) is 6.07 Å². The van der Waals surface area contributed by atoms with Gasteiger partial charge in [-0.3, -0.25) is 14.7 Å². The number of benzene rings is 1. The molecule has 7 heteroatoms. The van der Waals surface area contributed by atoms with Crippen LogP contribution in [-0.4, -0.2) is 46.5 Å². The molecular weight excluding hydrogens is 384 g/mol. The molecular formula is C18H21BrN4O2. The Balaban J connectivity index is 1.50. The van der Waals surface area contributed by atoms with Crippen molar-refractivity contribution in [3.8, 4) is 11.3 Å². The summed E-state index contributed by atoms with van der Waals surface area (Å²) >= 11 is 3.39. The topological polar surface area (TPSA) is 78.1 Å². The molecule has 0 bridgehead atoms. The van der Waals surface area contributed by atoms with Crippen LogP contribution in [-0.2, 0) is 4.79 Å². The molecule has 3 rings (SSSR count). The van der Waals surface area contributed by atoms with Crippen LogP contribution in [0.15, 0.2) is 34.8 Å². The van der Waals surface area contributed by atoms with Crippen LogP contribution in [0.4, 0.5) is 0 Å². The van der Waals surface area contributed by atoms with Crippen LogP contribution in [0.1, 0.15) is 36.2 Å². The number of rotatable bonds is 5. The van der Waals surface area contributed by atoms with Gasteiger partial charge in [-0.25, -0.2) is 0 Å². The van der Waals surface area contributed by atoms with Gasteiger partial charge in [0.05, 0.1) is 5.69 Å². The summed E-state index contributed by atoms with van der Waals surface area (Å²) in [6.07, 6.45) is 3.68. The second-order valence-electron chi connectivity index (χ2n) is 6.12. The fourth-order valence-corrected chi connectivity index (χ4v) is 3.15. The quantitative estimate of drug-likeness (QED) is 0.803. The molecule has 0 atom stereocenters. The number of H-pyrrole nitrogens is 1. The lowest BCUT2D eigenvalue weighted by atomic mass is 10.1. The summed E-state index contributed by atoms with van der Waals surface area (Å²) in [6, 6.07) is 9.43. The van der Waals surface area contributed by atoms with Crippen molar-refractivity contribution in [1.82, 2.24) is 20.4 Å². The summed E-state index contributed by atoms with van der Waals surface area (Å²) in [6.45, 7) is 2.01. The van der Waals surface area contributed by atoms with Crippen LogP contribution in [0.25, 0.3) is 11.3 Å². The van der Waals surface area contributed by atoms with Crippen LogP contribution < -0.4 is 5.32 Å². The zero-order chi connectivity index (χ0) is 17.6. The zero-order valence-corrected chi connectivity index (χ0v) is 15.5. The number of aromatic amines is 1. The minimum absolute atomic E-state index is 0.111. The number of halogens is 1. The number of likely N-dealkylation sites (tertiary alicyclic amines) is 1. The molecule has 1 aromatic heterocycles. The number of hydrogen-bond donors (Lipinski definition) is 2. The van der Waals surface area contributed by atoms with Crippen molar-refractivity contribution in [2.24, 2.45) is 0 Å². The first-order chi connectivity index (χ1) is 12.1. The molecule has 132 valence electrons. The van der Waals surface area contributed by atoms with Crippen LogP contribution in [0.2, 0.25) is 0 Å². The van der Waals surface area contributed by atoms with E-state index in [4.69, 9.17) is 0 Å². The summed E-state index contributed by atoms with van der Waals surface area (Å²) in [5.41, 5.74) is 2.03. The Morgan fingerprint density at radius 3 is 2.60 bits per heavy atom. The van der Waals surface area contributed by atoms with Gasteiger partial charge in [0.2, 0.25) is 5.91 Å². The predicted octanol–water partition coefficient (Wildman–Crippen LogP) is 2.97. The maximum Gasteiger partial charge on any atom is 0.269 e. The number of carbonyl (C=O) groups excluding carboxylic acids is 2. The van der Waals surface area contributed by atoms with Crippen LogP contribution >= 0.6 is 15.9 Å². The molecule has 2 amide bonds. The van der Waals surface area contributed by atoms with E-state index in [1.165, 1.54) is 6.42 Å².